The number of unbranched alkanes of at least 4 members (excludes halogenated alkanes) is 2. The molecule has 0 bridgehead atoms. The first-order chi connectivity index (χ1) is 33.5. The molecular formula is C46H73N9O13S. The van der Waals surface area contributed by atoms with Crippen molar-refractivity contribution >= 4 is 58.3 Å². The topological polar surface area (TPSA) is 287 Å². The van der Waals surface area contributed by atoms with Crippen LogP contribution >= 0.6 is 11.8 Å². The normalized spacial score (nSPS) is 13.9. The molecule has 4 rings (SSSR count). The molecule has 3 aromatic rings. The van der Waals surface area contributed by atoms with Gasteiger partial charge in [0, 0.05) is 69.7 Å². The first kappa shape index (κ1) is 56.7. The Morgan fingerprint density at radius 1 is 0.783 bits per heavy atom. The van der Waals surface area contributed by atoms with Crippen molar-refractivity contribution < 1.29 is 62.5 Å². The summed E-state index contributed by atoms with van der Waals surface area (Å²) in [7, 11) is 1.70. The standard InChI is InChI=1S/C46H73N9O13S/c1-3-4-5-10-50-43-42-37(51-46(48)52-43)8-12-55(42)32-35-7-6-34(29-38(35)62-2)31-53-13-15-54(16-14-53)41(57)9-17-63-19-21-65-23-25-67-27-28-68-26-24-66-22-20-64-18-11-49-40(56)30-39(45(60)61)69-33-36(47)44(58)59/h6-8,12,29,36,39H,3-5,9-11,13-28,30-33,47H2,1-2H3,(H,49,56)(H,58,59)(H,60,61)(H3,48,50,51,52)/t36-,39+/m0/s1. The zero-order chi connectivity index (χ0) is 49.6. The molecule has 1 aliphatic heterocycles. The fourth-order valence-corrected chi connectivity index (χ4v) is 8.10. The molecule has 0 saturated carbocycles. The Morgan fingerprint density at radius 3 is 2.00 bits per heavy atom. The number of nitrogens with two attached hydrogens (primary N) is 2. The number of aliphatic carboxylic acids is 2. The zero-order valence-corrected chi connectivity index (χ0v) is 40.9. The number of aromatic nitrogens is 3. The summed E-state index contributed by atoms with van der Waals surface area (Å²) < 4.78 is 41.0. The third-order valence-corrected chi connectivity index (χ3v) is 12.2. The number of ether oxygens (including phenoxy) is 7. The van der Waals surface area contributed by atoms with Crippen LogP contribution in [-0.2, 0) is 60.7 Å². The minimum absolute atomic E-state index is 0.0889. The SMILES string of the molecule is CCCCCNc1nc(N)nc2ccn(Cc3ccc(CN4CCN(C(=O)CCOCCOCCOCCOCCOCCOCCNC(=O)C[C@@H](SC[C@H](N)C(=O)O)C(=O)O)CC4)cc3OC)c12. The number of carboxylic acids is 2. The minimum atomic E-state index is -1.24. The van der Waals surface area contributed by atoms with Crippen molar-refractivity contribution in [1.29, 1.82) is 0 Å². The third kappa shape index (κ3) is 21.8. The first-order valence-corrected chi connectivity index (χ1v) is 24.6. The summed E-state index contributed by atoms with van der Waals surface area (Å²) in [6.45, 7) is 11.8. The van der Waals surface area contributed by atoms with E-state index in [-0.39, 0.29) is 37.2 Å². The van der Waals surface area contributed by atoms with Gasteiger partial charge in [-0.3, -0.25) is 24.1 Å². The predicted octanol–water partition coefficient (Wildman–Crippen LogP) is 1.91. The van der Waals surface area contributed by atoms with Gasteiger partial charge >= 0.3 is 11.9 Å². The van der Waals surface area contributed by atoms with Gasteiger partial charge in [0.25, 0.3) is 0 Å². The van der Waals surface area contributed by atoms with Crippen LogP contribution in [0.4, 0.5) is 11.8 Å². The van der Waals surface area contributed by atoms with E-state index in [1.807, 2.05) is 17.2 Å². The second kappa shape index (κ2) is 32.9. The van der Waals surface area contributed by atoms with Crippen LogP contribution in [0, 0.1) is 0 Å². The molecule has 1 aliphatic rings. The molecule has 0 aliphatic carbocycles. The lowest BCUT2D eigenvalue weighted by Crippen LogP contribution is -2.48. The van der Waals surface area contributed by atoms with Gasteiger partial charge in [0.05, 0.1) is 105 Å². The number of carbonyl (C=O) groups is 4. The fraction of sp³-hybridized carbons (Fsp3) is 0.652. The van der Waals surface area contributed by atoms with E-state index < -0.39 is 29.1 Å². The van der Waals surface area contributed by atoms with Gasteiger partial charge in [0.2, 0.25) is 17.8 Å². The number of carbonyl (C=O) groups excluding carboxylic acids is 2. The lowest BCUT2D eigenvalue weighted by molar-refractivity contribution is -0.139. The molecule has 2 atom stereocenters. The van der Waals surface area contributed by atoms with E-state index in [0.29, 0.717) is 98.7 Å². The third-order valence-electron chi connectivity index (χ3n) is 10.9. The van der Waals surface area contributed by atoms with Crippen molar-refractivity contribution in [2.45, 2.75) is 63.4 Å². The summed E-state index contributed by atoms with van der Waals surface area (Å²) in [5, 5.41) is 23.0. The Balaban J connectivity index is 0.942. The van der Waals surface area contributed by atoms with Gasteiger partial charge in [0.15, 0.2) is 5.82 Å². The Bertz CT molecular complexity index is 1990. The maximum Gasteiger partial charge on any atom is 0.321 e. The molecule has 8 N–H and O–H groups in total. The van der Waals surface area contributed by atoms with E-state index >= 15 is 0 Å². The number of piperazine rings is 1. The smallest absolute Gasteiger partial charge is 0.321 e. The summed E-state index contributed by atoms with van der Waals surface area (Å²) >= 11 is 0.813. The van der Waals surface area contributed by atoms with Crippen LogP contribution in [0.2, 0.25) is 0 Å². The number of carboxylic acid groups (broad SMARTS) is 2. The number of benzene rings is 1. The highest BCUT2D eigenvalue weighted by Crippen LogP contribution is 2.28. The number of hydrogen-bond acceptors (Lipinski definition) is 18. The zero-order valence-electron chi connectivity index (χ0n) is 40.1. The van der Waals surface area contributed by atoms with Gasteiger partial charge in [-0.1, -0.05) is 31.9 Å². The number of anilines is 2. The van der Waals surface area contributed by atoms with Crippen molar-refractivity contribution in [2.75, 3.05) is 142 Å². The van der Waals surface area contributed by atoms with Crippen molar-refractivity contribution in [3.63, 3.8) is 0 Å². The molecule has 1 fully saturated rings. The fourth-order valence-electron chi connectivity index (χ4n) is 7.11. The minimum Gasteiger partial charge on any atom is -0.496 e. The highest BCUT2D eigenvalue weighted by molar-refractivity contribution is 8.00. The Labute approximate surface area is 408 Å². The molecule has 0 unspecified atom stereocenters. The molecule has 0 spiro atoms. The maximum atomic E-state index is 12.9. The summed E-state index contributed by atoms with van der Waals surface area (Å²) in [6.07, 6.45) is 5.36. The number of nitrogen functional groups attached to an aromatic ring is 1. The maximum absolute atomic E-state index is 12.9. The lowest BCUT2D eigenvalue weighted by atomic mass is 10.1. The number of hydrogen-bond donors (Lipinski definition) is 6. The van der Waals surface area contributed by atoms with Crippen LogP contribution in [0.3, 0.4) is 0 Å². The molecule has 1 aromatic carbocycles. The lowest BCUT2D eigenvalue weighted by Gasteiger charge is -2.35. The number of thioether (sulfide) groups is 1. The molecule has 69 heavy (non-hydrogen) atoms. The van der Waals surface area contributed by atoms with Crippen LogP contribution in [-0.4, -0.2) is 201 Å². The first-order valence-electron chi connectivity index (χ1n) is 23.6. The van der Waals surface area contributed by atoms with Crippen molar-refractivity contribution in [2.24, 2.45) is 5.73 Å². The Kier molecular flexibility index (Phi) is 27.0. The quantitative estimate of drug-likeness (QED) is 0.0447. The average molecular weight is 992 g/mol. The van der Waals surface area contributed by atoms with Crippen LogP contribution in [0.5, 0.6) is 5.75 Å². The number of amides is 2. The molecule has 23 heteroatoms. The number of rotatable bonds is 38. The van der Waals surface area contributed by atoms with E-state index in [9.17, 15) is 24.3 Å². The molecule has 0 radical (unpaired) electrons. The van der Waals surface area contributed by atoms with Crippen molar-refractivity contribution in [3.8, 4) is 5.75 Å². The molecule has 1 saturated heterocycles. The molecule has 2 amide bonds. The van der Waals surface area contributed by atoms with Crippen molar-refractivity contribution in [1.82, 2.24) is 29.7 Å². The van der Waals surface area contributed by atoms with Gasteiger partial charge < -0.3 is 74.9 Å². The Hall–Kier alpha value is -4.85. The number of nitrogens with zero attached hydrogens (tertiary/aromatic N) is 5. The summed E-state index contributed by atoms with van der Waals surface area (Å²) in [5.41, 5.74) is 15.3. The van der Waals surface area contributed by atoms with Crippen LogP contribution in [0.15, 0.2) is 30.5 Å². The van der Waals surface area contributed by atoms with Crippen molar-refractivity contribution in [3.05, 3.63) is 41.6 Å². The largest absolute Gasteiger partial charge is 0.496 e. The van der Waals surface area contributed by atoms with E-state index in [1.54, 1.807) is 7.11 Å². The van der Waals surface area contributed by atoms with Gasteiger partial charge in [-0.05, 0) is 24.1 Å². The van der Waals surface area contributed by atoms with Gasteiger partial charge in [-0.15, -0.1) is 11.8 Å². The van der Waals surface area contributed by atoms with Crippen LogP contribution < -0.4 is 26.8 Å². The van der Waals surface area contributed by atoms with E-state index in [1.165, 1.54) is 0 Å². The predicted molar refractivity (Wildman–Crippen MR) is 261 cm³/mol. The molecule has 22 nitrogen and oxygen atoms in total. The van der Waals surface area contributed by atoms with Crippen LogP contribution in [0.1, 0.15) is 50.2 Å². The highest BCUT2D eigenvalue weighted by atomic mass is 32.2. The highest BCUT2D eigenvalue weighted by Gasteiger charge is 2.25. The van der Waals surface area contributed by atoms with Gasteiger partial charge in [-0.25, -0.2) is 4.98 Å². The van der Waals surface area contributed by atoms with E-state index in [4.69, 9.17) is 49.7 Å². The second-order valence-electron chi connectivity index (χ2n) is 16.1. The summed E-state index contributed by atoms with van der Waals surface area (Å²) in [5.74, 6) is -1.16. The number of fused-ring (bicyclic) bond motifs is 1. The molecule has 3 heterocycles. The monoisotopic (exact) mass is 992 g/mol. The van der Waals surface area contributed by atoms with Crippen LogP contribution in [0.25, 0.3) is 11.0 Å². The molecule has 386 valence electrons. The number of nitrogens with one attached hydrogen (secondary N) is 2. The molecule has 2 aromatic heterocycles. The van der Waals surface area contributed by atoms with Gasteiger partial charge in [-0.2, -0.15) is 4.98 Å². The average Bonchev–Trinajstić information content (AvgIpc) is 3.74. The van der Waals surface area contributed by atoms with E-state index in [2.05, 4.69) is 55.2 Å². The summed E-state index contributed by atoms with van der Waals surface area (Å²) in [4.78, 5) is 60.3. The molecular weight excluding hydrogens is 919 g/mol. The Morgan fingerprint density at radius 2 is 1.41 bits per heavy atom. The number of methoxy groups -OCH3 is 1. The van der Waals surface area contributed by atoms with E-state index in [0.717, 1.165) is 90.9 Å². The second-order valence-corrected chi connectivity index (χ2v) is 17.4. The van der Waals surface area contributed by atoms with Gasteiger partial charge in [0.1, 0.15) is 22.6 Å². The summed E-state index contributed by atoms with van der Waals surface area (Å²) in [6, 6.07) is 7.11.